The monoisotopic (exact) mass is 499 g/mol. The predicted octanol–water partition coefficient (Wildman–Crippen LogP) is 5.12. The molecule has 3 aromatic carbocycles. The van der Waals surface area contributed by atoms with Crippen molar-refractivity contribution in [3.63, 3.8) is 0 Å². The molecule has 0 saturated carbocycles. The molecule has 0 fully saturated rings. The number of fused-ring (bicyclic) bond motifs is 3. The Bertz CT molecular complexity index is 1720. The number of carbonyl (C=O) groups is 1. The van der Waals surface area contributed by atoms with E-state index in [1.807, 2.05) is 56.3 Å². The summed E-state index contributed by atoms with van der Waals surface area (Å²) in [5.41, 5.74) is 4.25. The number of anilines is 1. The Morgan fingerprint density at radius 1 is 1.11 bits per heavy atom. The first-order valence-electron chi connectivity index (χ1n) is 11.1. The van der Waals surface area contributed by atoms with Crippen LogP contribution in [0, 0.1) is 24.0 Å². The number of aromatic amines is 1. The van der Waals surface area contributed by atoms with Gasteiger partial charge in [-0.05, 0) is 43.2 Å². The highest BCUT2D eigenvalue weighted by molar-refractivity contribution is 7.99. The Labute approximate surface area is 209 Å². The molecule has 2 N–H and O–H groups in total. The summed E-state index contributed by atoms with van der Waals surface area (Å²) in [6.45, 7) is 3.86. The second kappa shape index (κ2) is 9.31. The molecular weight excluding hydrogens is 478 g/mol. The van der Waals surface area contributed by atoms with Crippen LogP contribution >= 0.6 is 11.8 Å². The highest BCUT2D eigenvalue weighted by Crippen LogP contribution is 2.28. The van der Waals surface area contributed by atoms with Gasteiger partial charge in [0.05, 0.1) is 16.4 Å². The lowest BCUT2D eigenvalue weighted by molar-refractivity contribution is -0.384. The molecule has 10 heteroatoms. The second-order valence-corrected chi connectivity index (χ2v) is 9.31. The SMILES string of the molecule is Cc1ccc(C)c(-n2c(SCC(=O)Nc3cccc([N+](=O)[O-])c3)nc3c([nH]c4ccccc43)c2=O)c1. The third-order valence-electron chi connectivity index (χ3n) is 5.77. The van der Waals surface area contributed by atoms with Gasteiger partial charge in [0, 0.05) is 28.7 Å². The normalized spacial score (nSPS) is 11.2. The van der Waals surface area contributed by atoms with Crippen molar-refractivity contribution in [2.75, 3.05) is 11.1 Å². The average molecular weight is 500 g/mol. The van der Waals surface area contributed by atoms with Gasteiger partial charge >= 0.3 is 0 Å². The molecule has 0 aliphatic carbocycles. The number of amides is 1. The van der Waals surface area contributed by atoms with E-state index >= 15 is 0 Å². The molecule has 180 valence electrons. The fraction of sp³-hybridized carbons (Fsp3) is 0.115. The molecule has 0 radical (unpaired) electrons. The van der Waals surface area contributed by atoms with Crippen LogP contribution < -0.4 is 10.9 Å². The minimum atomic E-state index is -0.520. The molecule has 0 aliphatic heterocycles. The first-order valence-corrected chi connectivity index (χ1v) is 12.1. The zero-order chi connectivity index (χ0) is 25.4. The summed E-state index contributed by atoms with van der Waals surface area (Å²) in [4.78, 5) is 45.0. The quantitative estimate of drug-likeness (QED) is 0.145. The largest absolute Gasteiger partial charge is 0.349 e. The highest BCUT2D eigenvalue weighted by Gasteiger charge is 2.19. The number of hydrogen-bond acceptors (Lipinski definition) is 6. The Hall–Kier alpha value is -4.44. The molecule has 36 heavy (non-hydrogen) atoms. The van der Waals surface area contributed by atoms with E-state index in [2.05, 4.69) is 10.3 Å². The second-order valence-electron chi connectivity index (χ2n) is 8.36. The first kappa shape index (κ1) is 23.3. The lowest BCUT2D eigenvalue weighted by Gasteiger charge is -2.15. The molecule has 0 bridgehead atoms. The number of rotatable bonds is 6. The molecule has 5 aromatic rings. The first-order chi connectivity index (χ1) is 17.3. The van der Waals surface area contributed by atoms with Gasteiger partial charge in [-0.3, -0.25) is 24.3 Å². The fourth-order valence-corrected chi connectivity index (χ4v) is 4.83. The predicted molar refractivity (Wildman–Crippen MR) is 141 cm³/mol. The van der Waals surface area contributed by atoms with Crippen LogP contribution in [-0.2, 0) is 4.79 Å². The molecule has 9 nitrogen and oxygen atoms in total. The van der Waals surface area contributed by atoms with Crippen LogP contribution in [0.3, 0.4) is 0 Å². The molecule has 0 saturated heterocycles. The maximum Gasteiger partial charge on any atom is 0.283 e. The summed E-state index contributed by atoms with van der Waals surface area (Å²) in [5, 5.41) is 14.9. The van der Waals surface area contributed by atoms with Gasteiger partial charge in [-0.2, -0.15) is 0 Å². The number of benzene rings is 3. The summed E-state index contributed by atoms with van der Waals surface area (Å²) in [6, 6.07) is 19.1. The van der Waals surface area contributed by atoms with Crippen LogP contribution in [0.15, 0.2) is 76.7 Å². The zero-order valence-corrected chi connectivity index (χ0v) is 20.3. The van der Waals surface area contributed by atoms with Crippen molar-refractivity contribution in [2.24, 2.45) is 0 Å². The molecule has 2 heterocycles. The lowest BCUT2D eigenvalue weighted by Crippen LogP contribution is -2.23. The summed E-state index contributed by atoms with van der Waals surface area (Å²) in [5.74, 6) is -0.422. The van der Waals surface area contributed by atoms with Crippen LogP contribution in [0.2, 0.25) is 0 Å². The number of H-pyrrole nitrogens is 1. The van der Waals surface area contributed by atoms with Gasteiger partial charge < -0.3 is 10.3 Å². The van der Waals surface area contributed by atoms with Crippen molar-refractivity contribution < 1.29 is 9.72 Å². The van der Waals surface area contributed by atoms with E-state index in [1.165, 1.54) is 22.8 Å². The zero-order valence-electron chi connectivity index (χ0n) is 19.4. The van der Waals surface area contributed by atoms with Crippen LogP contribution in [0.4, 0.5) is 11.4 Å². The molecule has 0 aliphatic rings. The standard InChI is InChI=1S/C26H21N5O4S/c1-15-10-11-16(2)21(12-15)30-25(33)24-23(19-8-3-4-9-20(19)28-24)29-26(30)36-14-22(32)27-17-6-5-7-18(13-17)31(34)35/h3-13,28H,14H2,1-2H3,(H,27,32). The lowest BCUT2D eigenvalue weighted by atomic mass is 10.1. The van der Waals surface area contributed by atoms with Crippen molar-refractivity contribution in [3.8, 4) is 5.69 Å². The molecule has 1 amide bonds. The van der Waals surface area contributed by atoms with Crippen molar-refractivity contribution >= 4 is 51.0 Å². The molecule has 0 spiro atoms. The van der Waals surface area contributed by atoms with Crippen LogP contribution in [0.5, 0.6) is 0 Å². The molecule has 5 rings (SSSR count). The minimum Gasteiger partial charge on any atom is -0.349 e. The molecular formula is C26H21N5O4S. The van der Waals surface area contributed by atoms with E-state index in [0.717, 1.165) is 33.8 Å². The van der Waals surface area contributed by atoms with Gasteiger partial charge in [0.2, 0.25) is 5.91 Å². The van der Waals surface area contributed by atoms with Gasteiger partial charge in [0.15, 0.2) is 5.16 Å². The van der Waals surface area contributed by atoms with E-state index in [-0.39, 0.29) is 22.9 Å². The third kappa shape index (κ3) is 4.34. The van der Waals surface area contributed by atoms with Crippen LogP contribution in [0.1, 0.15) is 11.1 Å². The minimum absolute atomic E-state index is 0.0478. The van der Waals surface area contributed by atoms with E-state index < -0.39 is 4.92 Å². The Balaban J connectivity index is 1.56. The summed E-state index contributed by atoms with van der Waals surface area (Å²) >= 11 is 1.13. The van der Waals surface area contributed by atoms with Crippen LogP contribution in [-0.4, -0.2) is 31.1 Å². The molecule has 2 aromatic heterocycles. The number of aryl methyl sites for hydroxylation is 2. The Morgan fingerprint density at radius 2 is 1.92 bits per heavy atom. The number of hydrogen-bond donors (Lipinski definition) is 2. The number of thioether (sulfide) groups is 1. The number of carbonyl (C=O) groups excluding carboxylic acids is 1. The van der Waals surface area contributed by atoms with E-state index in [9.17, 15) is 19.7 Å². The summed E-state index contributed by atoms with van der Waals surface area (Å²) in [7, 11) is 0. The average Bonchev–Trinajstić information content (AvgIpc) is 3.24. The van der Waals surface area contributed by atoms with Gasteiger partial charge in [0.1, 0.15) is 11.0 Å². The number of aromatic nitrogens is 3. The number of non-ortho nitro benzene ring substituents is 1. The summed E-state index contributed by atoms with van der Waals surface area (Å²) < 4.78 is 1.53. The summed E-state index contributed by atoms with van der Waals surface area (Å²) in [6.07, 6.45) is 0. The maximum atomic E-state index is 13.7. The maximum absolute atomic E-state index is 13.7. The van der Waals surface area contributed by atoms with Gasteiger partial charge in [-0.15, -0.1) is 0 Å². The van der Waals surface area contributed by atoms with Crippen LogP contribution in [0.25, 0.3) is 27.6 Å². The highest BCUT2D eigenvalue weighted by atomic mass is 32.2. The van der Waals surface area contributed by atoms with Crippen molar-refractivity contribution in [3.05, 3.63) is 98.3 Å². The van der Waals surface area contributed by atoms with E-state index in [0.29, 0.717) is 27.6 Å². The van der Waals surface area contributed by atoms with Crippen molar-refractivity contribution in [2.45, 2.75) is 19.0 Å². The van der Waals surface area contributed by atoms with E-state index in [4.69, 9.17) is 4.98 Å². The fourth-order valence-electron chi connectivity index (χ4n) is 4.04. The van der Waals surface area contributed by atoms with Crippen molar-refractivity contribution in [1.82, 2.24) is 14.5 Å². The number of nitro groups is 1. The number of nitrogens with one attached hydrogen (secondary N) is 2. The Morgan fingerprint density at radius 3 is 2.72 bits per heavy atom. The number of nitrogens with zero attached hydrogens (tertiary/aromatic N) is 3. The van der Waals surface area contributed by atoms with Gasteiger partial charge in [-0.1, -0.05) is 48.2 Å². The Kier molecular flexibility index (Phi) is 6.03. The molecule has 0 atom stereocenters. The topological polar surface area (TPSA) is 123 Å². The molecule has 0 unspecified atom stereocenters. The third-order valence-corrected chi connectivity index (χ3v) is 6.71. The smallest absolute Gasteiger partial charge is 0.283 e. The van der Waals surface area contributed by atoms with E-state index in [1.54, 1.807) is 6.07 Å². The number of para-hydroxylation sites is 1. The van der Waals surface area contributed by atoms with Gasteiger partial charge in [0.25, 0.3) is 11.2 Å². The number of nitro benzene ring substituents is 1. The van der Waals surface area contributed by atoms with Crippen molar-refractivity contribution in [1.29, 1.82) is 0 Å². The van der Waals surface area contributed by atoms with Gasteiger partial charge in [-0.25, -0.2) is 4.98 Å².